The highest BCUT2D eigenvalue weighted by Gasteiger charge is 2.39. The molecule has 0 radical (unpaired) electrons. The molecule has 6 rings (SSSR count). The molecule has 7 heteroatoms. The van der Waals surface area contributed by atoms with Gasteiger partial charge in [0.1, 0.15) is 6.33 Å². The van der Waals surface area contributed by atoms with E-state index in [0.717, 1.165) is 53.6 Å². The molecule has 0 spiro atoms. The molecular formula is C25H23N5O2. The average molecular weight is 425 g/mol. The van der Waals surface area contributed by atoms with Crippen molar-refractivity contribution in [2.75, 3.05) is 13.1 Å². The lowest BCUT2D eigenvalue weighted by Crippen LogP contribution is -2.52. The van der Waals surface area contributed by atoms with Crippen molar-refractivity contribution in [3.8, 4) is 16.8 Å². The molecule has 1 saturated heterocycles. The minimum Gasteiger partial charge on any atom is -0.342 e. The second kappa shape index (κ2) is 7.44. The molecule has 2 aromatic heterocycles. The van der Waals surface area contributed by atoms with Crippen LogP contribution in [0, 0.1) is 11.8 Å². The number of pyridine rings is 1. The number of amides is 1. The van der Waals surface area contributed by atoms with Gasteiger partial charge in [0.25, 0.3) is 0 Å². The van der Waals surface area contributed by atoms with E-state index < -0.39 is 0 Å². The zero-order valence-electron chi connectivity index (χ0n) is 17.6. The number of likely N-dealkylation sites (tertiary alicyclic amines) is 1. The Morgan fingerprint density at radius 2 is 1.78 bits per heavy atom. The predicted octanol–water partition coefficient (Wildman–Crippen LogP) is 3.12. The predicted molar refractivity (Wildman–Crippen MR) is 121 cm³/mol. The molecule has 3 heterocycles. The van der Waals surface area contributed by atoms with E-state index in [1.165, 1.54) is 4.68 Å². The standard InChI is InChI=1S/C25H23N5O2/c31-24(19-3-4-19)28-13-17(14-28)15-30-25(32)29(16-27-30)22-8-5-18(6-9-22)20-7-10-23-21(12-20)2-1-11-26-23/h1-2,5-12,16-17,19H,3-4,13-15H2. The first kappa shape index (κ1) is 19.0. The van der Waals surface area contributed by atoms with Crippen LogP contribution in [-0.4, -0.2) is 43.2 Å². The summed E-state index contributed by atoms with van der Waals surface area (Å²) >= 11 is 0. The first-order chi connectivity index (χ1) is 15.7. The fourth-order valence-corrected chi connectivity index (χ4v) is 4.41. The molecule has 0 atom stereocenters. The van der Waals surface area contributed by atoms with Gasteiger partial charge in [0.15, 0.2) is 0 Å². The van der Waals surface area contributed by atoms with Crippen molar-refractivity contribution < 1.29 is 4.79 Å². The largest absolute Gasteiger partial charge is 0.350 e. The van der Waals surface area contributed by atoms with Crippen LogP contribution in [0.1, 0.15) is 12.8 Å². The van der Waals surface area contributed by atoms with Gasteiger partial charge in [-0.05, 0) is 54.3 Å². The lowest BCUT2D eigenvalue weighted by molar-refractivity contribution is -0.139. The summed E-state index contributed by atoms with van der Waals surface area (Å²) in [6.07, 6.45) is 5.43. The van der Waals surface area contributed by atoms with E-state index in [0.29, 0.717) is 12.5 Å². The molecule has 32 heavy (non-hydrogen) atoms. The number of aromatic nitrogens is 4. The second-order valence-corrected chi connectivity index (χ2v) is 8.81. The molecule has 0 unspecified atom stereocenters. The number of rotatable bonds is 5. The Morgan fingerprint density at radius 1 is 1.00 bits per heavy atom. The summed E-state index contributed by atoms with van der Waals surface area (Å²) < 4.78 is 3.08. The summed E-state index contributed by atoms with van der Waals surface area (Å²) in [5.41, 5.74) is 3.79. The topological polar surface area (TPSA) is 73.0 Å². The number of benzene rings is 2. The quantitative estimate of drug-likeness (QED) is 0.493. The van der Waals surface area contributed by atoms with Crippen molar-refractivity contribution in [3.63, 3.8) is 0 Å². The van der Waals surface area contributed by atoms with Crippen molar-refractivity contribution >= 4 is 16.8 Å². The SMILES string of the molecule is O=C(C1CC1)N1CC(Cn2ncn(-c3ccc(-c4ccc5ncccc5c4)cc3)c2=O)C1. The van der Waals surface area contributed by atoms with Gasteiger partial charge in [-0.15, -0.1) is 0 Å². The van der Waals surface area contributed by atoms with Gasteiger partial charge in [0.05, 0.1) is 17.7 Å². The van der Waals surface area contributed by atoms with Crippen LogP contribution in [0.2, 0.25) is 0 Å². The first-order valence-corrected chi connectivity index (χ1v) is 11.0. The van der Waals surface area contributed by atoms with Gasteiger partial charge in [0, 0.05) is 36.5 Å². The fraction of sp³-hybridized carbons (Fsp3) is 0.280. The van der Waals surface area contributed by atoms with Crippen molar-refractivity contribution in [2.45, 2.75) is 19.4 Å². The summed E-state index contributed by atoms with van der Waals surface area (Å²) in [6, 6.07) is 18.1. The maximum absolute atomic E-state index is 12.9. The highest BCUT2D eigenvalue weighted by Crippen LogP contribution is 2.33. The highest BCUT2D eigenvalue weighted by molar-refractivity contribution is 5.84. The average Bonchev–Trinajstić information content (AvgIpc) is 3.59. The monoisotopic (exact) mass is 425 g/mol. The smallest absolute Gasteiger partial charge is 0.342 e. The van der Waals surface area contributed by atoms with E-state index in [2.05, 4.69) is 28.3 Å². The number of carbonyl (C=O) groups is 1. The van der Waals surface area contributed by atoms with E-state index in [-0.39, 0.29) is 17.5 Å². The Labute approximate surface area is 184 Å². The molecular weight excluding hydrogens is 402 g/mol. The molecule has 1 aliphatic carbocycles. The molecule has 0 N–H and O–H groups in total. The molecule has 7 nitrogen and oxygen atoms in total. The molecule has 160 valence electrons. The molecule has 2 aromatic carbocycles. The summed E-state index contributed by atoms with van der Waals surface area (Å²) in [6.45, 7) is 2.00. The van der Waals surface area contributed by atoms with Crippen LogP contribution < -0.4 is 5.69 Å². The zero-order chi connectivity index (χ0) is 21.7. The van der Waals surface area contributed by atoms with Crippen molar-refractivity contribution in [1.29, 1.82) is 0 Å². The van der Waals surface area contributed by atoms with Crippen LogP contribution >= 0.6 is 0 Å². The third-order valence-electron chi connectivity index (χ3n) is 6.44. The maximum atomic E-state index is 12.9. The third-order valence-corrected chi connectivity index (χ3v) is 6.44. The third kappa shape index (κ3) is 3.39. The normalized spacial score (nSPS) is 16.3. The van der Waals surface area contributed by atoms with Crippen LogP contribution in [0.5, 0.6) is 0 Å². The molecule has 1 aliphatic heterocycles. The van der Waals surface area contributed by atoms with Gasteiger partial charge in [0.2, 0.25) is 5.91 Å². The van der Waals surface area contributed by atoms with Crippen LogP contribution in [-0.2, 0) is 11.3 Å². The van der Waals surface area contributed by atoms with Gasteiger partial charge in [-0.1, -0.05) is 24.3 Å². The Bertz CT molecular complexity index is 1360. The van der Waals surface area contributed by atoms with Gasteiger partial charge in [-0.3, -0.25) is 9.78 Å². The number of carbonyl (C=O) groups excluding carboxylic acids is 1. The minimum atomic E-state index is -0.151. The highest BCUT2D eigenvalue weighted by atomic mass is 16.2. The zero-order valence-corrected chi connectivity index (χ0v) is 17.6. The van der Waals surface area contributed by atoms with E-state index in [1.807, 2.05) is 41.3 Å². The van der Waals surface area contributed by atoms with Crippen molar-refractivity contribution in [1.82, 2.24) is 24.2 Å². The van der Waals surface area contributed by atoms with Crippen LogP contribution in [0.15, 0.2) is 71.9 Å². The Balaban J connectivity index is 1.16. The summed E-state index contributed by atoms with van der Waals surface area (Å²) in [7, 11) is 0. The second-order valence-electron chi connectivity index (χ2n) is 8.81. The minimum absolute atomic E-state index is 0.151. The molecule has 2 fully saturated rings. The Hall–Kier alpha value is -3.74. The summed E-state index contributed by atoms with van der Waals surface area (Å²) in [4.78, 5) is 31.2. The Morgan fingerprint density at radius 3 is 2.56 bits per heavy atom. The number of hydrogen-bond donors (Lipinski definition) is 0. The van der Waals surface area contributed by atoms with E-state index >= 15 is 0 Å². The molecule has 2 aliphatic rings. The molecule has 1 amide bonds. The van der Waals surface area contributed by atoms with Gasteiger partial charge < -0.3 is 4.90 Å². The number of fused-ring (bicyclic) bond motifs is 1. The van der Waals surface area contributed by atoms with Gasteiger partial charge in [-0.25, -0.2) is 14.0 Å². The summed E-state index contributed by atoms with van der Waals surface area (Å²) in [5, 5.41) is 5.40. The van der Waals surface area contributed by atoms with Crippen LogP contribution in [0.4, 0.5) is 0 Å². The van der Waals surface area contributed by atoms with Crippen molar-refractivity contribution in [2.24, 2.45) is 11.8 Å². The van der Waals surface area contributed by atoms with Crippen LogP contribution in [0.25, 0.3) is 27.7 Å². The fourth-order valence-electron chi connectivity index (χ4n) is 4.41. The van der Waals surface area contributed by atoms with Gasteiger partial charge >= 0.3 is 5.69 Å². The maximum Gasteiger partial charge on any atom is 0.350 e. The molecule has 0 bridgehead atoms. The molecule has 1 saturated carbocycles. The van der Waals surface area contributed by atoms with E-state index in [1.54, 1.807) is 17.1 Å². The van der Waals surface area contributed by atoms with Crippen LogP contribution in [0.3, 0.4) is 0 Å². The number of nitrogens with zero attached hydrogens (tertiary/aromatic N) is 5. The lowest BCUT2D eigenvalue weighted by Gasteiger charge is -2.39. The van der Waals surface area contributed by atoms with Crippen molar-refractivity contribution in [3.05, 3.63) is 77.6 Å². The van der Waals surface area contributed by atoms with Gasteiger partial charge in [-0.2, -0.15) is 5.10 Å². The number of hydrogen-bond acceptors (Lipinski definition) is 4. The lowest BCUT2D eigenvalue weighted by atomic mass is 9.99. The van der Waals surface area contributed by atoms with E-state index in [4.69, 9.17) is 0 Å². The Kier molecular flexibility index (Phi) is 4.41. The molecule has 4 aromatic rings. The van der Waals surface area contributed by atoms with E-state index in [9.17, 15) is 9.59 Å². The summed E-state index contributed by atoms with van der Waals surface area (Å²) in [5.74, 6) is 0.831. The first-order valence-electron chi connectivity index (χ1n) is 11.0.